The quantitative estimate of drug-likeness (QED) is 0.158. The molecule has 0 saturated carbocycles. The Morgan fingerprint density at radius 1 is 0.609 bits per heavy atom. The summed E-state index contributed by atoms with van der Waals surface area (Å²) in [6.07, 6.45) is 3.66. The van der Waals surface area contributed by atoms with Crippen molar-refractivity contribution >= 4 is 11.1 Å². The van der Waals surface area contributed by atoms with Crippen LogP contribution in [0.25, 0.3) is 56.2 Å². The van der Waals surface area contributed by atoms with Gasteiger partial charge in [0, 0.05) is 43.6 Å². The Labute approximate surface area is 285 Å². The van der Waals surface area contributed by atoms with Crippen LogP contribution in [0.2, 0.25) is 0 Å². The first-order valence-electron chi connectivity index (χ1n) is 15.3. The van der Waals surface area contributed by atoms with E-state index in [9.17, 15) is 0 Å². The smallest absolute Gasteiger partial charge is 0.216 e. The van der Waals surface area contributed by atoms with Gasteiger partial charge >= 0.3 is 0 Å². The second-order valence-corrected chi connectivity index (χ2v) is 11.6. The topological polar surface area (TPSA) is 51.8 Å². The Morgan fingerprint density at radius 3 is 2.00 bits per heavy atom. The molecule has 0 amide bonds. The summed E-state index contributed by atoms with van der Waals surface area (Å²) in [4.78, 5) is 13.7. The maximum atomic E-state index is 6.31. The first-order chi connectivity index (χ1) is 22.0. The molecule has 46 heavy (non-hydrogen) atoms. The SMILES string of the molecule is CC(C)c1ccc(-c2cc(-c3cc(C(C)C)ccn3)[c-]c3nc(-c4ccccc4)oc23)cc1.[Ir].[c-]1ccccc1-c1ccccn1. The van der Waals surface area contributed by atoms with E-state index in [4.69, 9.17) is 9.40 Å². The van der Waals surface area contributed by atoms with Crippen LogP contribution >= 0.6 is 0 Å². The number of hydrogen-bond acceptors (Lipinski definition) is 4. The van der Waals surface area contributed by atoms with E-state index in [1.807, 2.05) is 79.0 Å². The van der Waals surface area contributed by atoms with Gasteiger partial charge in [-0.15, -0.1) is 53.6 Å². The van der Waals surface area contributed by atoms with E-state index in [1.54, 1.807) is 6.20 Å². The van der Waals surface area contributed by atoms with Gasteiger partial charge in [-0.2, -0.15) is 0 Å². The van der Waals surface area contributed by atoms with Crippen LogP contribution in [0.5, 0.6) is 0 Å². The number of aromatic nitrogens is 3. The molecule has 3 aromatic heterocycles. The van der Waals surface area contributed by atoms with E-state index in [1.165, 1.54) is 11.1 Å². The summed E-state index contributed by atoms with van der Waals surface area (Å²) in [6.45, 7) is 8.80. The van der Waals surface area contributed by atoms with Crippen LogP contribution in [0.1, 0.15) is 50.7 Å². The fourth-order valence-corrected chi connectivity index (χ4v) is 5.09. The maximum absolute atomic E-state index is 6.31. The number of fused-ring (bicyclic) bond motifs is 1. The van der Waals surface area contributed by atoms with Gasteiger partial charge in [-0.25, -0.2) is 4.98 Å². The molecule has 7 rings (SSSR count). The summed E-state index contributed by atoms with van der Waals surface area (Å²) in [5.41, 5.74) is 10.9. The van der Waals surface area contributed by atoms with Crippen molar-refractivity contribution in [2.75, 3.05) is 0 Å². The molecule has 0 aliphatic carbocycles. The number of oxazole rings is 1. The van der Waals surface area contributed by atoms with E-state index in [-0.39, 0.29) is 20.1 Å². The normalized spacial score (nSPS) is 10.8. The Hall–Kier alpha value is -4.70. The van der Waals surface area contributed by atoms with Crippen LogP contribution in [0.4, 0.5) is 0 Å². The largest absolute Gasteiger partial charge is 0.484 e. The Bertz CT molecular complexity index is 1950. The van der Waals surface area contributed by atoms with E-state index in [0.717, 1.165) is 44.8 Å². The molecule has 4 aromatic carbocycles. The summed E-state index contributed by atoms with van der Waals surface area (Å²) in [6, 6.07) is 45.3. The van der Waals surface area contributed by atoms with Crippen LogP contribution in [0.3, 0.4) is 0 Å². The Kier molecular flexibility index (Phi) is 10.7. The summed E-state index contributed by atoms with van der Waals surface area (Å²) < 4.78 is 6.31. The number of hydrogen-bond donors (Lipinski definition) is 0. The molecular formula is C41H35IrN3O-2. The summed E-state index contributed by atoms with van der Waals surface area (Å²) in [5.74, 6) is 1.51. The molecule has 0 fully saturated rings. The summed E-state index contributed by atoms with van der Waals surface area (Å²) >= 11 is 0. The number of pyridine rings is 2. The third kappa shape index (κ3) is 7.56. The zero-order chi connectivity index (χ0) is 31.2. The average molecular weight is 778 g/mol. The molecule has 5 heteroatoms. The number of rotatable bonds is 6. The molecule has 0 unspecified atom stereocenters. The zero-order valence-corrected chi connectivity index (χ0v) is 28.8. The van der Waals surface area contributed by atoms with Crippen LogP contribution in [-0.4, -0.2) is 15.0 Å². The van der Waals surface area contributed by atoms with Crippen molar-refractivity contribution in [1.82, 2.24) is 15.0 Å². The van der Waals surface area contributed by atoms with Crippen molar-refractivity contribution < 1.29 is 24.5 Å². The first kappa shape index (κ1) is 32.7. The summed E-state index contributed by atoms with van der Waals surface area (Å²) in [5, 5.41) is 0. The van der Waals surface area contributed by atoms with E-state index in [2.05, 4.69) is 92.3 Å². The molecule has 0 saturated heterocycles. The molecule has 1 radical (unpaired) electrons. The molecule has 0 atom stereocenters. The van der Waals surface area contributed by atoms with Crippen molar-refractivity contribution in [2.24, 2.45) is 0 Å². The first-order valence-corrected chi connectivity index (χ1v) is 15.3. The minimum absolute atomic E-state index is 0. The standard InChI is InChI=1S/C30H27N2O.C11H8N.Ir/c1-19(2)21-10-12-22(13-11-21)26-16-25(27-17-24(20(3)4)14-15-31-27)18-28-29(26)33-30(32-28)23-8-6-5-7-9-23;1-2-6-10(7-3-1)11-8-4-5-9-12-11;/h5-17,19-20H,1-4H3;1-6,8-9H;/q2*-1;. The van der Waals surface area contributed by atoms with Crippen LogP contribution in [-0.2, 0) is 20.1 Å². The van der Waals surface area contributed by atoms with Crippen molar-refractivity contribution in [3.05, 3.63) is 151 Å². The van der Waals surface area contributed by atoms with E-state index >= 15 is 0 Å². The Balaban J connectivity index is 0.000000269. The van der Waals surface area contributed by atoms with Gasteiger partial charge in [0.25, 0.3) is 0 Å². The van der Waals surface area contributed by atoms with Gasteiger partial charge in [-0.05, 0) is 58.6 Å². The van der Waals surface area contributed by atoms with Crippen molar-refractivity contribution in [1.29, 1.82) is 0 Å². The number of nitrogens with zero attached hydrogens (tertiary/aromatic N) is 3. The second-order valence-electron chi connectivity index (χ2n) is 11.6. The van der Waals surface area contributed by atoms with Gasteiger partial charge in [0.05, 0.1) is 5.58 Å². The zero-order valence-electron chi connectivity index (χ0n) is 26.4. The Morgan fingerprint density at radius 2 is 1.33 bits per heavy atom. The fraction of sp³-hybridized carbons (Fsp3) is 0.146. The predicted octanol–water partition coefficient (Wildman–Crippen LogP) is 10.8. The molecule has 7 aromatic rings. The molecule has 0 spiro atoms. The van der Waals surface area contributed by atoms with Gasteiger partial charge in [0.1, 0.15) is 0 Å². The van der Waals surface area contributed by atoms with Crippen molar-refractivity contribution in [3.63, 3.8) is 0 Å². The minimum Gasteiger partial charge on any atom is -0.484 e. The van der Waals surface area contributed by atoms with Crippen LogP contribution in [0, 0.1) is 12.1 Å². The molecule has 3 heterocycles. The monoisotopic (exact) mass is 778 g/mol. The fourth-order valence-electron chi connectivity index (χ4n) is 5.09. The van der Waals surface area contributed by atoms with Gasteiger partial charge < -0.3 is 14.4 Å². The third-order valence-corrected chi connectivity index (χ3v) is 7.70. The van der Waals surface area contributed by atoms with Gasteiger partial charge in [0.2, 0.25) is 5.89 Å². The second kappa shape index (κ2) is 15.1. The third-order valence-electron chi connectivity index (χ3n) is 7.70. The van der Waals surface area contributed by atoms with Gasteiger partial charge in [-0.3, -0.25) is 0 Å². The molecule has 0 bridgehead atoms. The molecule has 4 nitrogen and oxygen atoms in total. The van der Waals surface area contributed by atoms with Gasteiger partial charge in [-0.1, -0.05) is 99.5 Å². The molecule has 231 valence electrons. The molecule has 0 aliphatic heterocycles. The van der Waals surface area contributed by atoms with Crippen molar-refractivity contribution in [2.45, 2.75) is 39.5 Å². The van der Waals surface area contributed by atoms with E-state index < -0.39 is 0 Å². The maximum Gasteiger partial charge on any atom is 0.216 e. The van der Waals surface area contributed by atoms with Crippen LogP contribution in [0.15, 0.2) is 132 Å². The number of benzene rings is 4. The summed E-state index contributed by atoms with van der Waals surface area (Å²) in [7, 11) is 0. The average Bonchev–Trinajstić information content (AvgIpc) is 3.54. The van der Waals surface area contributed by atoms with E-state index in [0.29, 0.717) is 23.2 Å². The van der Waals surface area contributed by atoms with Gasteiger partial charge in [0.15, 0.2) is 0 Å². The van der Waals surface area contributed by atoms with Crippen LogP contribution < -0.4 is 0 Å². The predicted molar refractivity (Wildman–Crippen MR) is 184 cm³/mol. The molecular weight excluding hydrogens is 743 g/mol. The van der Waals surface area contributed by atoms with Crippen molar-refractivity contribution in [3.8, 4) is 45.1 Å². The molecule has 0 N–H and O–H groups in total. The minimum atomic E-state index is 0. The molecule has 0 aliphatic rings.